The van der Waals surface area contributed by atoms with Crippen LogP contribution in [0.25, 0.3) is 0 Å². The first-order valence-electron chi connectivity index (χ1n) is 8.36. The van der Waals surface area contributed by atoms with E-state index in [0.717, 1.165) is 6.26 Å². The molecule has 8 nitrogen and oxygen atoms in total. The zero-order chi connectivity index (χ0) is 19.0. The van der Waals surface area contributed by atoms with Gasteiger partial charge in [0.15, 0.2) is 0 Å². The van der Waals surface area contributed by atoms with Crippen LogP contribution in [0.5, 0.6) is 0 Å². The summed E-state index contributed by atoms with van der Waals surface area (Å²) >= 11 is 0. The number of nitrogens with one attached hydrogen (secondary N) is 1. The van der Waals surface area contributed by atoms with Gasteiger partial charge in [0.05, 0.1) is 25.0 Å². The minimum atomic E-state index is -3.79. The highest BCUT2D eigenvalue weighted by Gasteiger charge is 2.40. The first-order chi connectivity index (χ1) is 11.8. The second-order valence-corrected chi connectivity index (χ2v) is 7.41. The Kier molecular flexibility index (Phi) is 8.54. The van der Waals surface area contributed by atoms with Crippen LogP contribution < -0.4 is 5.32 Å². The van der Waals surface area contributed by atoms with Gasteiger partial charge < -0.3 is 14.8 Å². The summed E-state index contributed by atoms with van der Waals surface area (Å²) in [7, 11) is -3.79. The number of hydrogen-bond donors (Lipinski definition) is 1. The summed E-state index contributed by atoms with van der Waals surface area (Å²) < 4.78 is 39.4. The lowest BCUT2D eigenvalue weighted by Gasteiger charge is -2.36. The molecule has 0 aromatic heterocycles. The minimum absolute atomic E-state index is 0.0978. The van der Waals surface area contributed by atoms with Crippen molar-refractivity contribution >= 4 is 22.5 Å². The molecule has 1 amide bonds. The van der Waals surface area contributed by atoms with E-state index in [1.54, 1.807) is 6.92 Å². The van der Waals surface area contributed by atoms with Crippen molar-refractivity contribution in [2.75, 3.05) is 12.9 Å². The zero-order valence-electron chi connectivity index (χ0n) is 15.1. The van der Waals surface area contributed by atoms with Crippen LogP contribution in [0.15, 0.2) is 11.6 Å². The van der Waals surface area contributed by atoms with Crippen molar-refractivity contribution in [3.8, 4) is 0 Å². The van der Waals surface area contributed by atoms with Gasteiger partial charge in [0.1, 0.15) is 12.2 Å². The molecule has 0 fully saturated rings. The number of carbonyl (C=O) groups is 2. The summed E-state index contributed by atoms with van der Waals surface area (Å²) in [6, 6.07) is -0.726. The lowest BCUT2D eigenvalue weighted by atomic mass is 9.90. The number of rotatable bonds is 10. The van der Waals surface area contributed by atoms with E-state index in [0.29, 0.717) is 24.8 Å². The topological polar surface area (TPSA) is 108 Å². The molecule has 0 unspecified atom stereocenters. The second-order valence-electron chi connectivity index (χ2n) is 5.81. The molecule has 0 aromatic rings. The molecule has 0 heterocycles. The van der Waals surface area contributed by atoms with Gasteiger partial charge in [-0.1, -0.05) is 13.8 Å². The summed E-state index contributed by atoms with van der Waals surface area (Å²) in [6.45, 7) is 5.79. The van der Waals surface area contributed by atoms with Gasteiger partial charge in [-0.3, -0.25) is 8.98 Å². The number of esters is 1. The maximum absolute atomic E-state index is 12.1. The van der Waals surface area contributed by atoms with Crippen LogP contribution in [0.1, 0.15) is 40.0 Å². The van der Waals surface area contributed by atoms with Crippen LogP contribution in [0.3, 0.4) is 0 Å². The fraction of sp³-hybridized carbons (Fsp3) is 0.750. The maximum atomic E-state index is 12.1. The SMILES string of the molecule is CCOC(=O)C1=C[C@@H](OC(CC)CC)[C@H](OS(C)(=O)=O)[C@H](NC=O)C1. The molecule has 1 aliphatic carbocycles. The summed E-state index contributed by atoms with van der Waals surface area (Å²) in [5.74, 6) is -0.517. The average Bonchev–Trinajstić information content (AvgIpc) is 2.54. The van der Waals surface area contributed by atoms with E-state index in [9.17, 15) is 18.0 Å². The van der Waals surface area contributed by atoms with E-state index in [2.05, 4.69) is 5.32 Å². The molecule has 1 N–H and O–H groups in total. The van der Waals surface area contributed by atoms with Crippen LogP contribution in [0, 0.1) is 0 Å². The third-order valence-corrected chi connectivity index (χ3v) is 4.46. The second kappa shape index (κ2) is 9.88. The summed E-state index contributed by atoms with van der Waals surface area (Å²) in [5, 5.41) is 2.52. The Morgan fingerprint density at radius 1 is 1.36 bits per heavy atom. The molecular formula is C16H27NO7S. The Labute approximate surface area is 149 Å². The molecule has 0 bridgehead atoms. The van der Waals surface area contributed by atoms with Gasteiger partial charge in [0.2, 0.25) is 6.41 Å². The average molecular weight is 377 g/mol. The van der Waals surface area contributed by atoms with E-state index >= 15 is 0 Å². The van der Waals surface area contributed by atoms with Crippen molar-refractivity contribution < 1.29 is 31.7 Å². The van der Waals surface area contributed by atoms with Gasteiger partial charge in [0.25, 0.3) is 10.1 Å². The summed E-state index contributed by atoms with van der Waals surface area (Å²) in [5.41, 5.74) is 0.325. The molecule has 1 rings (SSSR count). The Morgan fingerprint density at radius 3 is 2.48 bits per heavy atom. The highest BCUT2D eigenvalue weighted by atomic mass is 32.2. The van der Waals surface area contributed by atoms with E-state index in [4.69, 9.17) is 13.7 Å². The lowest BCUT2D eigenvalue weighted by Crippen LogP contribution is -2.52. The highest BCUT2D eigenvalue weighted by molar-refractivity contribution is 7.86. The van der Waals surface area contributed by atoms with E-state index < -0.39 is 34.3 Å². The maximum Gasteiger partial charge on any atom is 0.333 e. The Bertz CT molecular complexity index is 583. The van der Waals surface area contributed by atoms with Crippen LogP contribution in [0.2, 0.25) is 0 Å². The smallest absolute Gasteiger partial charge is 0.333 e. The first kappa shape index (κ1) is 21.6. The first-order valence-corrected chi connectivity index (χ1v) is 10.2. The van der Waals surface area contributed by atoms with Gasteiger partial charge in [-0.05, 0) is 25.8 Å². The predicted octanol–water partition coefficient (Wildman–Crippen LogP) is 0.913. The van der Waals surface area contributed by atoms with Crippen LogP contribution >= 0.6 is 0 Å². The van der Waals surface area contributed by atoms with Crippen LogP contribution in [-0.4, -0.2) is 58.0 Å². The minimum Gasteiger partial charge on any atom is -0.463 e. The van der Waals surface area contributed by atoms with Gasteiger partial charge in [0, 0.05) is 12.0 Å². The van der Waals surface area contributed by atoms with Gasteiger partial charge in [-0.15, -0.1) is 0 Å². The quantitative estimate of drug-likeness (QED) is 0.342. The van der Waals surface area contributed by atoms with Crippen LogP contribution in [0.4, 0.5) is 0 Å². The molecule has 25 heavy (non-hydrogen) atoms. The monoisotopic (exact) mass is 377 g/mol. The van der Waals surface area contributed by atoms with Crippen molar-refractivity contribution in [2.24, 2.45) is 0 Å². The third kappa shape index (κ3) is 6.75. The lowest BCUT2D eigenvalue weighted by molar-refractivity contribution is -0.139. The van der Waals surface area contributed by atoms with Crippen molar-refractivity contribution in [1.29, 1.82) is 0 Å². The van der Waals surface area contributed by atoms with E-state index in [1.807, 2.05) is 13.8 Å². The molecule has 0 spiro atoms. The standard InChI is InChI=1S/C16H27NO7S/c1-5-12(6-2)23-14-9-11(16(19)22-7-3)8-13(17-10-18)15(14)24-25(4,20)21/h9-10,12-15H,5-8H2,1-4H3,(H,17,18)/t13-,14-,15-/m1/s1. The highest BCUT2D eigenvalue weighted by Crippen LogP contribution is 2.27. The zero-order valence-corrected chi connectivity index (χ0v) is 15.9. The largest absolute Gasteiger partial charge is 0.463 e. The summed E-state index contributed by atoms with van der Waals surface area (Å²) in [6.07, 6.45) is 2.56. The van der Waals surface area contributed by atoms with Crippen molar-refractivity contribution in [3.05, 3.63) is 11.6 Å². The van der Waals surface area contributed by atoms with Gasteiger partial charge >= 0.3 is 5.97 Å². The van der Waals surface area contributed by atoms with E-state index in [1.165, 1.54) is 6.08 Å². The number of carbonyl (C=O) groups excluding carboxylic acids is 2. The number of ether oxygens (including phenoxy) is 2. The normalized spacial score (nSPS) is 23.9. The molecule has 0 saturated carbocycles. The van der Waals surface area contributed by atoms with Crippen molar-refractivity contribution in [3.63, 3.8) is 0 Å². The fourth-order valence-electron chi connectivity index (χ4n) is 2.70. The molecule has 0 radical (unpaired) electrons. The van der Waals surface area contributed by atoms with Crippen molar-refractivity contribution in [2.45, 2.75) is 64.4 Å². The Balaban J connectivity index is 3.21. The molecule has 0 aromatic carbocycles. The number of hydrogen-bond acceptors (Lipinski definition) is 7. The molecule has 0 saturated heterocycles. The molecule has 144 valence electrons. The van der Waals surface area contributed by atoms with Crippen LogP contribution in [-0.2, 0) is 33.4 Å². The molecule has 3 atom stereocenters. The third-order valence-electron chi connectivity index (χ3n) is 3.89. The molecule has 1 aliphatic rings. The van der Waals surface area contributed by atoms with Crippen molar-refractivity contribution in [1.82, 2.24) is 5.32 Å². The fourth-order valence-corrected chi connectivity index (χ4v) is 3.35. The molecule has 9 heteroatoms. The summed E-state index contributed by atoms with van der Waals surface area (Å²) in [4.78, 5) is 23.0. The van der Waals surface area contributed by atoms with Gasteiger partial charge in [-0.2, -0.15) is 8.42 Å². The Morgan fingerprint density at radius 2 is 2.00 bits per heavy atom. The van der Waals surface area contributed by atoms with E-state index in [-0.39, 0.29) is 19.1 Å². The molecule has 0 aliphatic heterocycles. The molecular weight excluding hydrogens is 350 g/mol. The predicted molar refractivity (Wildman–Crippen MR) is 91.3 cm³/mol. The van der Waals surface area contributed by atoms with Gasteiger partial charge in [-0.25, -0.2) is 4.79 Å². The number of amides is 1. The Hall–Kier alpha value is -1.45.